The third kappa shape index (κ3) is 5.41. The molecule has 0 saturated carbocycles. The van der Waals surface area contributed by atoms with E-state index in [1.54, 1.807) is 24.3 Å². The Kier molecular flexibility index (Phi) is 7.13. The van der Waals surface area contributed by atoms with Crippen LogP contribution in [-0.4, -0.2) is 32.1 Å². The van der Waals surface area contributed by atoms with Crippen LogP contribution in [0.5, 0.6) is 0 Å². The summed E-state index contributed by atoms with van der Waals surface area (Å²) in [6.45, 7) is 1.09. The zero-order valence-electron chi connectivity index (χ0n) is 14.1. The first-order chi connectivity index (χ1) is 12.2. The Labute approximate surface area is 146 Å². The summed E-state index contributed by atoms with van der Waals surface area (Å²) < 4.78 is 10.1. The van der Waals surface area contributed by atoms with Gasteiger partial charge in [-0.05, 0) is 23.3 Å². The maximum atomic E-state index is 12.1. The number of nitrogens with one attached hydrogen (secondary N) is 1. The van der Waals surface area contributed by atoms with E-state index in [4.69, 9.17) is 15.2 Å². The smallest absolute Gasteiger partial charge is 0.338 e. The van der Waals surface area contributed by atoms with Crippen molar-refractivity contribution in [2.24, 2.45) is 5.73 Å². The summed E-state index contributed by atoms with van der Waals surface area (Å²) in [5.74, 6) is -0.826. The molecular formula is C19H22N2O4. The number of carbonyl (C=O) groups excluding carboxylic acids is 2. The van der Waals surface area contributed by atoms with Crippen LogP contribution in [0.3, 0.4) is 0 Å². The molecule has 3 N–H and O–H groups in total. The Balaban J connectivity index is 2.01. The van der Waals surface area contributed by atoms with Gasteiger partial charge in [-0.3, -0.25) is 5.32 Å². The molecule has 0 radical (unpaired) electrons. The Bertz CT molecular complexity index is 686. The summed E-state index contributed by atoms with van der Waals surface area (Å²) in [6.07, 6.45) is 0. The average molecular weight is 342 g/mol. The van der Waals surface area contributed by atoms with Gasteiger partial charge in [-0.15, -0.1) is 0 Å². The molecule has 6 heteroatoms. The number of esters is 2. The van der Waals surface area contributed by atoms with E-state index in [1.807, 2.05) is 30.3 Å². The average Bonchev–Trinajstić information content (AvgIpc) is 2.67. The Morgan fingerprint density at radius 1 is 1.08 bits per heavy atom. The number of rotatable bonds is 8. The van der Waals surface area contributed by atoms with Crippen molar-refractivity contribution in [2.75, 3.05) is 20.2 Å². The van der Waals surface area contributed by atoms with Crippen LogP contribution >= 0.6 is 0 Å². The second-order valence-corrected chi connectivity index (χ2v) is 5.38. The molecule has 0 amide bonds. The van der Waals surface area contributed by atoms with E-state index in [1.165, 1.54) is 7.11 Å². The van der Waals surface area contributed by atoms with Crippen LogP contribution in [0.2, 0.25) is 0 Å². The molecule has 132 valence electrons. The quantitative estimate of drug-likeness (QED) is 0.711. The Hall–Kier alpha value is -2.70. The van der Waals surface area contributed by atoms with Crippen molar-refractivity contribution in [1.82, 2.24) is 5.32 Å². The fourth-order valence-electron chi connectivity index (χ4n) is 2.30. The zero-order chi connectivity index (χ0) is 18.1. The SMILES string of the molecule is COC(=O)[C@H](NCCN)c1ccc(C(=O)OCc2ccccc2)cc1. The van der Waals surface area contributed by atoms with Crippen molar-refractivity contribution >= 4 is 11.9 Å². The van der Waals surface area contributed by atoms with E-state index in [-0.39, 0.29) is 6.61 Å². The lowest BCUT2D eigenvalue weighted by atomic mass is 10.0. The number of benzene rings is 2. The predicted molar refractivity (Wildman–Crippen MR) is 93.8 cm³/mol. The number of ether oxygens (including phenoxy) is 2. The minimum atomic E-state index is -0.622. The molecule has 0 saturated heterocycles. The van der Waals surface area contributed by atoms with Crippen LogP contribution in [-0.2, 0) is 20.9 Å². The van der Waals surface area contributed by atoms with E-state index in [0.29, 0.717) is 24.2 Å². The van der Waals surface area contributed by atoms with Crippen molar-refractivity contribution in [3.8, 4) is 0 Å². The van der Waals surface area contributed by atoms with Crippen LogP contribution < -0.4 is 11.1 Å². The lowest BCUT2D eigenvalue weighted by Gasteiger charge is -2.16. The summed E-state index contributed by atoms with van der Waals surface area (Å²) in [6, 6.07) is 15.5. The van der Waals surface area contributed by atoms with Crippen LogP contribution in [0.15, 0.2) is 54.6 Å². The first kappa shape index (κ1) is 18.6. The number of carbonyl (C=O) groups is 2. The minimum Gasteiger partial charge on any atom is -0.468 e. The molecule has 2 aromatic rings. The highest BCUT2D eigenvalue weighted by Gasteiger charge is 2.20. The number of nitrogens with two attached hydrogens (primary N) is 1. The number of methoxy groups -OCH3 is 1. The highest BCUT2D eigenvalue weighted by Crippen LogP contribution is 2.16. The van der Waals surface area contributed by atoms with Gasteiger partial charge in [0.25, 0.3) is 0 Å². The van der Waals surface area contributed by atoms with E-state index in [9.17, 15) is 9.59 Å². The van der Waals surface area contributed by atoms with Gasteiger partial charge in [0.05, 0.1) is 12.7 Å². The first-order valence-corrected chi connectivity index (χ1v) is 7.98. The molecule has 0 fully saturated rings. The Morgan fingerprint density at radius 2 is 1.76 bits per heavy atom. The van der Waals surface area contributed by atoms with Crippen molar-refractivity contribution in [1.29, 1.82) is 0 Å². The van der Waals surface area contributed by atoms with Gasteiger partial charge < -0.3 is 15.2 Å². The fourth-order valence-corrected chi connectivity index (χ4v) is 2.30. The molecular weight excluding hydrogens is 320 g/mol. The monoisotopic (exact) mass is 342 g/mol. The standard InChI is InChI=1S/C19H22N2O4/c1-24-19(23)17(21-12-11-20)15-7-9-16(10-8-15)18(22)25-13-14-5-3-2-4-6-14/h2-10,17,21H,11-13,20H2,1H3/t17-/m1/s1. The normalized spacial score (nSPS) is 11.6. The van der Waals surface area contributed by atoms with Crippen LogP contribution in [0.25, 0.3) is 0 Å². The molecule has 0 spiro atoms. The zero-order valence-corrected chi connectivity index (χ0v) is 14.1. The Morgan fingerprint density at radius 3 is 2.36 bits per heavy atom. The van der Waals surface area contributed by atoms with Crippen molar-refractivity contribution in [3.05, 3.63) is 71.3 Å². The van der Waals surface area contributed by atoms with E-state index >= 15 is 0 Å². The van der Waals surface area contributed by atoms with Crippen LogP contribution in [0, 0.1) is 0 Å². The summed E-state index contributed by atoms with van der Waals surface area (Å²) in [5.41, 5.74) is 7.50. The van der Waals surface area contributed by atoms with Gasteiger partial charge >= 0.3 is 11.9 Å². The summed E-state index contributed by atoms with van der Waals surface area (Å²) in [4.78, 5) is 24.0. The second-order valence-electron chi connectivity index (χ2n) is 5.38. The highest BCUT2D eigenvalue weighted by molar-refractivity contribution is 5.89. The largest absolute Gasteiger partial charge is 0.468 e. The van der Waals surface area contributed by atoms with E-state index in [2.05, 4.69) is 5.32 Å². The molecule has 0 aliphatic carbocycles. The van der Waals surface area contributed by atoms with E-state index < -0.39 is 18.0 Å². The molecule has 2 rings (SSSR count). The lowest BCUT2D eigenvalue weighted by molar-refractivity contribution is -0.143. The molecule has 25 heavy (non-hydrogen) atoms. The molecule has 0 unspecified atom stereocenters. The van der Waals surface area contributed by atoms with Crippen molar-refractivity contribution in [3.63, 3.8) is 0 Å². The maximum Gasteiger partial charge on any atom is 0.338 e. The van der Waals surface area contributed by atoms with Gasteiger partial charge in [0, 0.05) is 13.1 Å². The third-order valence-electron chi connectivity index (χ3n) is 3.62. The van der Waals surface area contributed by atoms with E-state index in [0.717, 1.165) is 5.56 Å². The fraction of sp³-hybridized carbons (Fsp3) is 0.263. The van der Waals surface area contributed by atoms with Crippen LogP contribution in [0.1, 0.15) is 27.5 Å². The summed E-state index contributed by atoms with van der Waals surface area (Å²) >= 11 is 0. The first-order valence-electron chi connectivity index (χ1n) is 7.98. The van der Waals surface area contributed by atoms with Crippen molar-refractivity contribution < 1.29 is 19.1 Å². The number of hydrogen-bond acceptors (Lipinski definition) is 6. The molecule has 6 nitrogen and oxygen atoms in total. The molecule has 0 bridgehead atoms. The third-order valence-corrected chi connectivity index (χ3v) is 3.62. The van der Waals surface area contributed by atoms with Crippen molar-refractivity contribution in [2.45, 2.75) is 12.6 Å². The molecule has 0 aliphatic rings. The van der Waals surface area contributed by atoms with Crippen LogP contribution in [0.4, 0.5) is 0 Å². The molecule has 1 atom stereocenters. The minimum absolute atomic E-state index is 0.213. The second kappa shape index (κ2) is 9.56. The molecule has 0 aromatic heterocycles. The molecule has 2 aromatic carbocycles. The van der Waals surface area contributed by atoms with Gasteiger partial charge in [-0.2, -0.15) is 0 Å². The lowest BCUT2D eigenvalue weighted by Crippen LogP contribution is -2.33. The predicted octanol–water partition coefficient (Wildman–Crippen LogP) is 1.81. The van der Waals surface area contributed by atoms with Gasteiger partial charge in [-0.25, -0.2) is 9.59 Å². The maximum absolute atomic E-state index is 12.1. The topological polar surface area (TPSA) is 90.6 Å². The van der Waals surface area contributed by atoms with Gasteiger partial charge in [0.15, 0.2) is 0 Å². The number of hydrogen-bond donors (Lipinski definition) is 2. The highest BCUT2D eigenvalue weighted by atomic mass is 16.5. The molecule has 0 aliphatic heterocycles. The van der Waals surface area contributed by atoms with Gasteiger partial charge in [0.1, 0.15) is 12.6 Å². The van der Waals surface area contributed by atoms with Gasteiger partial charge in [0.2, 0.25) is 0 Å². The summed E-state index contributed by atoms with van der Waals surface area (Å²) in [7, 11) is 1.33. The molecule has 0 heterocycles. The summed E-state index contributed by atoms with van der Waals surface area (Å²) in [5, 5.41) is 3.02. The van der Waals surface area contributed by atoms with Gasteiger partial charge in [-0.1, -0.05) is 42.5 Å².